The molecule has 1 aromatic carbocycles. The molecule has 0 N–H and O–H groups in total. The molecule has 0 saturated heterocycles. The zero-order valence-electron chi connectivity index (χ0n) is 8.53. The summed E-state index contributed by atoms with van der Waals surface area (Å²) in [6.45, 7) is 6.71. The summed E-state index contributed by atoms with van der Waals surface area (Å²) in [5, 5.41) is 0. The summed E-state index contributed by atoms with van der Waals surface area (Å²) in [4.78, 5) is 11.0. The van der Waals surface area contributed by atoms with Gasteiger partial charge in [-0.15, -0.1) is 0 Å². The first kappa shape index (κ1) is 10.6. The monoisotopic (exact) mass is 193 g/mol. The fraction of sp³-hybridized carbons (Fsp3) is 0.273. The topological polar surface area (TPSA) is 35.5 Å². The molecule has 0 aliphatic carbocycles. The van der Waals surface area contributed by atoms with Crippen molar-refractivity contribution < 1.29 is 14.3 Å². The number of carbonyl (C=O) groups excluding carboxylic acids is 1. The quantitative estimate of drug-likeness (QED) is 0.535. The summed E-state index contributed by atoms with van der Waals surface area (Å²) in [5.41, 5.74) is 1.95. The van der Waals surface area contributed by atoms with E-state index in [2.05, 4.69) is 4.74 Å². The van der Waals surface area contributed by atoms with Gasteiger partial charge in [0.25, 0.3) is 0 Å². The highest BCUT2D eigenvalue weighted by molar-refractivity contribution is 5.65. The Morgan fingerprint density at radius 1 is 1.36 bits per heavy atom. The molecule has 0 atom stereocenters. The van der Waals surface area contributed by atoms with E-state index in [1.54, 1.807) is 13.0 Å². The molecule has 1 radical (unpaired) electrons. The Hall–Kier alpha value is -1.51. The van der Waals surface area contributed by atoms with Crippen molar-refractivity contribution in [3.8, 4) is 5.75 Å². The van der Waals surface area contributed by atoms with Crippen LogP contribution in [0.25, 0.3) is 0 Å². The molecule has 3 heteroatoms. The number of rotatable bonds is 2. The molecule has 0 saturated carbocycles. The van der Waals surface area contributed by atoms with Gasteiger partial charge in [-0.3, -0.25) is 0 Å². The third-order valence-corrected chi connectivity index (χ3v) is 1.75. The van der Waals surface area contributed by atoms with Crippen LogP contribution in [0.2, 0.25) is 0 Å². The van der Waals surface area contributed by atoms with Crippen LogP contribution < -0.4 is 4.74 Å². The Morgan fingerprint density at radius 3 is 2.71 bits per heavy atom. The van der Waals surface area contributed by atoms with E-state index in [1.807, 2.05) is 26.0 Å². The van der Waals surface area contributed by atoms with E-state index in [0.717, 1.165) is 11.1 Å². The molecular weight excluding hydrogens is 180 g/mol. The molecule has 3 nitrogen and oxygen atoms in total. The maximum atomic E-state index is 11.0. The molecule has 0 aliphatic rings. The smallest absolute Gasteiger partial charge is 0.427 e. The first-order valence-corrected chi connectivity index (χ1v) is 4.37. The van der Waals surface area contributed by atoms with E-state index in [-0.39, 0.29) is 0 Å². The molecule has 0 aliphatic heterocycles. The summed E-state index contributed by atoms with van der Waals surface area (Å²) in [5.74, 6) is 0.539. The van der Waals surface area contributed by atoms with Gasteiger partial charge in [-0.05, 0) is 38.0 Å². The van der Waals surface area contributed by atoms with Gasteiger partial charge < -0.3 is 9.47 Å². The lowest BCUT2D eigenvalue weighted by Crippen LogP contribution is -2.08. The Labute approximate surface area is 83.6 Å². The predicted molar refractivity (Wildman–Crippen MR) is 53.0 cm³/mol. The van der Waals surface area contributed by atoms with Gasteiger partial charge >= 0.3 is 6.16 Å². The van der Waals surface area contributed by atoms with Crippen LogP contribution in [0.15, 0.2) is 18.2 Å². The summed E-state index contributed by atoms with van der Waals surface area (Å²) < 4.78 is 9.53. The van der Waals surface area contributed by atoms with Gasteiger partial charge in [-0.2, -0.15) is 0 Å². The minimum atomic E-state index is -0.707. The van der Waals surface area contributed by atoms with Gasteiger partial charge in [-0.1, -0.05) is 12.1 Å². The summed E-state index contributed by atoms with van der Waals surface area (Å²) >= 11 is 0. The molecule has 0 bridgehead atoms. The highest BCUT2D eigenvalue weighted by atomic mass is 16.7. The zero-order chi connectivity index (χ0) is 10.6. The van der Waals surface area contributed by atoms with Crippen LogP contribution in [0, 0.1) is 20.5 Å². The van der Waals surface area contributed by atoms with Crippen LogP contribution in [0.1, 0.15) is 18.1 Å². The fourth-order valence-corrected chi connectivity index (χ4v) is 1.03. The minimum Gasteiger partial charge on any atom is -0.427 e. The summed E-state index contributed by atoms with van der Waals surface area (Å²) in [6.07, 6.45) is -0.707. The van der Waals surface area contributed by atoms with E-state index in [1.165, 1.54) is 6.61 Å². The Kier molecular flexibility index (Phi) is 3.51. The van der Waals surface area contributed by atoms with Gasteiger partial charge in [0.2, 0.25) is 0 Å². The summed E-state index contributed by atoms with van der Waals surface area (Å²) in [6, 6.07) is 5.65. The number of benzene rings is 1. The highest BCUT2D eigenvalue weighted by Crippen LogP contribution is 2.19. The standard InChI is InChI=1S/C11H13O3/c1-4-13-11(12)14-10-7-8(2)5-6-9(10)3/h4-7H,1-3H3. The highest BCUT2D eigenvalue weighted by Gasteiger charge is 2.07. The van der Waals surface area contributed by atoms with Crippen LogP contribution in [-0.2, 0) is 4.74 Å². The van der Waals surface area contributed by atoms with E-state index < -0.39 is 6.16 Å². The van der Waals surface area contributed by atoms with E-state index in [4.69, 9.17) is 4.74 Å². The SMILES string of the molecule is C[CH]OC(=O)Oc1cc(C)ccc1C. The van der Waals surface area contributed by atoms with E-state index >= 15 is 0 Å². The van der Waals surface area contributed by atoms with E-state index in [9.17, 15) is 4.79 Å². The van der Waals surface area contributed by atoms with Crippen LogP contribution >= 0.6 is 0 Å². The van der Waals surface area contributed by atoms with Crippen molar-refractivity contribution in [1.82, 2.24) is 0 Å². The lowest BCUT2D eigenvalue weighted by molar-refractivity contribution is 0.123. The lowest BCUT2D eigenvalue weighted by Gasteiger charge is -2.07. The van der Waals surface area contributed by atoms with E-state index in [0.29, 0.717) is 5.75 Å². The van der Waals surface area contributed by atoms with Crippen molar-refractivity contribution in [3.63, 3.8) is 0 Å². The van der Waals surface area contributed by atoms with Gasteiger partial charge in [0.1, 0.15) is 12.4 Å². The van der Waals surface area contributed by atoms with Crippen molar-refractivity contribution in [2.24, 2.45) is 0 Å². The predicted octanol–water partition coefficient (Wildman–Crippen LogP) is 3.00. The first-order valence-electron chi connectivity index (χ1n) is 4.37. The Balaban J connectivity index is 2.75. The fourth-order valence-electron chi connectivity index (χ4n) is 1.03. The molecule has 0 fully saturated rings. The molecule has 0 aromatic heterocycles. The molecule has 14 heavy (non-hydrogen) atoms. The van der Waals surface area contributed by atoms with Crippen LogP contribution in [0.3, 0.4) is 0 Å². The van der Waals surface area contributed by atoms with Gasteiger partial charge in [0, 0.05) is 0 Å². The van der Waals surface area contributed by atoms with Gasteiger partial charge in [0.05, 0.1) is 0 Å². The summed E-state index contributed by atoms with van der Waals surface area (Å²) in [7, 11) is 0. The molecule has 0 heterocycles. The van der Waals surface area contributed by atoms with Crippen LogP contribution in [0.4, 0.5) is 4.79 Å². The Morgan fingerprint density at radius 2 is 2.07 bits per heavy atom. The minimum absolute atomic E-state index is 0.539. The van der Waals surface area contributed by atoms with Crippen LogP contribution in [0.5, 0.6) is 5.75 Å². The third-order valence-electron chi connectivity index (χ3n) is 1.75. The number of hydrogen-bond acceptors (Lipinski definition) is 3. The van der Waals surface area contributed by atoms with Crippen LogP contribution in [-0.4, -0.2) is 6.16 Å². The molecule has 1 aromatic rings. The molecule has 0 amide bonds. The number of carbonyl (C=O) groups is 1. The normalized spacial score (nSPS) is 9.64. The average Bonchev–Trinajstić information content (AvgIpc) is 2.12. The second kappa shape index (κ2) is 4.65. The van der Waals surface area contributed by atoms with Gasteiger partial charge in [-0.25, -0.2) is 4.79 Å². The first-order chi connectivity index (χ1) is 6.63. The average molecular weight is 193 g/mol. The molecule has 75 valence electrons. The second-order valence-corrected chi connectivity index (χ2v) is 2.97. The number of ether oxygens (including phenoxy) is 2. The maximum absolute atomic E-state index is 11.0. The third kappa shape index (κ3) is 2.76. The van der Waals surface area contributed by atoms with Gasteiger partial charge in [0.15, 0.2) is 0 Å². The number of hydrogen-bond donors (Lipinski definition) is 0. The maximum Gasteiger partial charge on any atom is 0.514 e. The second-order valence-electron chi connectivity index (χ2n) is 2.97. The van der Waals surface area contributed by atoms with Crippen molar-refractivity contribution >= 4 is 6.16 Å². The Bertz CT molecular complexity index is 331. The largest absolute Gasteiger partial charge is 0.514 e. The molecular formula is C11H13O3. The lowest BCUT2D eigenvalue weighted by atomic mass is 10.1. The number of aryl methyl sites for hydroxylation is 2. The van der Waals surface area contributed by atoms with Crippen molar-refractivity contribution in [3.05, 3.63) is 35.9 Å². The van der Waals surface area contributed by atoms with Crippen molar-refractivity contribution in [2.45, 2.75) is 20.8 Å². The molecule has 0 unspecified atom stereocenters. The van der Waals surface area contributed by atoms with Crippen molar-refractivity contribution in [2.75, 3.05) is 0 Å². The molecule has 1 rings (SSSR count). The molecule has 0 spiro atoms. The van der Waals surface area contributed by atoms with Crippen molar-refractivity contribution in [1.29, 1.82) is 0 Å². The zero-order valence-corrected chi connectivity index (χ0v) is 8.53.